The molecule has 0 unspecified atom stereocenters. The van der Waals surface area contributed by atoms with Gasteiger partial charge in [-0.15, -0.1) is 0 Å². The Bertz CT molecular complexity index is 445. The van der Waals surface area contributed by atoms with Crippen LogP contribution in [0.15, 0.2) is 24.3 Å². The summed E-state index contributed by atoms with van der Waals surface area (Å²) in [5.74, 6) is 0.577. The van der Waals surface area contributed by atoms with E-state index in [1.54, 1.807) is 12.1 Å². The van der Waals surface area contributed by atoms with E-state index in [4.69, 9.17) is 5.73 Å². The molecule has 0 aliphatic heterocycles. The molecular weight excluding hydrogens is 263 g/mol. The summed E-state index contributed by atoms with van der Waals surface area (Å²) in [4.78, 5) is 0. The molecule has 21 heavy (non-hydrogen) atoms. The van der Waals surface area contributed by atoms with Crippen LogP contribution in [0.25, 0.3) is 0 Å². The van der Waals surface area contributed by atoms with Crippen molar-refractivity contribution in [3.8, 4) is 0 Å². The van der Waals surface area contributed by atoms with E-state index >= 15 is 0 Å². The first-order chi connectivity index (χ1) is 9.91. The Balaban J connectivity index is 2.03. The second-order valence-electron chi connectivity index (χ2n) is 7.23. The average Bonchev–Trinajstić information content (AvgIpc) is 2.50. The summed E-state index contributed by atoms with van der Waals surface area (Å²) < 4.78 is 13.0. The van der Waals surface area contributed by atoms with Gasteiger partial charge in [0.15, 0.2) is 0 Å². The molecule has 1 aromatic carbocycles. The topological polar surface area (TPSA) is 38.0 Å². The summed E-state index contributed by atoms with van der Waals surface area (Å²) in [6.45, 7) is 7.66. The lowest BCUT2D eigenvalue weighted by molar-refractivity contribution is 0.124. The summed E-state index contributed by atoms with van der Waals surface area (Å²) in [6.07, 6.45) is 5.83. The van der Waals surface area contributed by atoms with Crippen molar-refractivity contribution < 1.29 is 4.39 Å². The van der Waals surface area contributed by atoms with Crippen LogP contribution < -0.4 is 11.1 Å². The van der Waals surface area contributed by atoms with E-state index in [9.17, 15) is 4.39 Å². The zero-order chi connectivity index (χ0) is 15.5. The number of nitrogens with two attached hydrogens (primary N) is 1. The summed E-state index contributed by atoms with van der Waals surface area (Å²) >= 11 is 0. The van der Waals surface area contributed by atoms with Gasteiger partial charge in [0.2, 0.25) is 0 Å². The molecule has 1 saturated carbocycles. The van der Waals surface area contributed by atoms with E-state index in [0.717, 1.165) is 24.4 Å². The summed E-state index contributed by atoms with van der Waals surface area (Å²) in [5, 5.41) is 3.57. The molecule has 3 N–H and O–H groups in total. The summed E-state index contributed by atoms with van der Waals surface area (Å²) in [5.41, 5.74) is 7.42. The maximum atomic E-state index is 13.0. The van der Waals surface area contributed by atoms with E-state index < -0.39 is 0 Å². The average molecular weight is 292 g/mol. The summed E-state index contributed by atoms with van der Waals surface area (Å²) in [6, 6.07) is 6.60. The lowest BCUT2D eigenvalue weighted by Crippen LogP contribution is -2.49. The van der Waals surface area contributed by atoms with Gasteiger partial charge >= 0.3 is 0 Å². The van der Waals surface area contributed by atoms with E-state index in [0.29, 0.717) is 12.0 Å². The third-order valence-electron chi connectivity index (χ3n) is 5.60. The highest BCUT2D eigenvalue weighted by atomic mass is 19.1. The Kier molecular flexibility index (Phi) is 4.92. The highest BCUT2D eigenvalue weighted by molar-refractivity contribution is 5.45. The van der Waals surface area contributed by atoms with Crippen molar-refractivity contribution in [2.45, 2.75) is 58.4 Å². The number of hydrogen-bond donors (Lipinski definition) is 2. The molecule has 118 valence electrons. The fourth-order valence-corrected chi connectivity index (χ4v) is 3.46. The molecule has 1 aliphatic carbocycles. The predicted molar refractivity (Wildman–Crippen MR) is 87.8 cm³/mol. The van der Waals surface area contributed by atoms with Crippen molar-refractivity contribution in [1.29, 1.82) is 0 Å². The smallest absolute Gasteiger partial charge is 0.123 e. The minimum absolute atomic E-state index is 0.0296. The molecular formula is C18H29FN2. The number of anilines is 1. The number of benzene rings is 1. The standard InChI is InChI=1S/C18H29FN2/c1-4-17(2,3)14-9-11-18(13-20,12-10-14)21-16-7-5-15(19)6-8-16/h5-8,14,21H,4,9-13,20H2,1-3H3. The molecule has 0 spiro atoms. The Labute approximate surface area is 128 Å². The molecule has 0 bridgehead atoms. The van der Waals surface area contributed by atoms with Crippen LogP contribution in [0.1, 0.15) is 52.9 Å². The van der Waals surface area contributed by atoms with E-state index in [-0.39, 0.29) is 11.4 Å². The molecule has 1 aliphatic rings. The van der Waals surface area contributed by atoms with E-state index in [1.807, 2.05) is 0 Å². The van der Waals surface area contributed by atoms with Crippen LogP contribution in [0.2, 0.25) is 0 Å². The minimum Gasteiger partial charge on any atom is -0.378 e. The van der Waals surface area contributed by atoms with Gasteiger partial charge in [-0.3, -0.25) is 0 Å². The molecule has 3 heteroatoms. The molecule has 0 atom stereocenters. The first-order valence-corrected chi connectivity index (χ1v) is 8.15. The monoisotopic (exact) mass is 292 g/mol. The van der Waals surface area contributed by atoms with Gasteiger partial charge in [0.1, 0.15) is 5.82 Å². The number of halogens is 1. The number of rotatable bonds is 5. The van der Waals surface area contributed by atoms with Crippen LogP contribution in [-0.4, -0.2) is 12.1 Å². The Morgan fingerprint density at radius 3 is 2.29 bits per heavy atom. The Morgan fingerprint density at radius 1 is 1.24 bits per heavy atom. The third-order valence-corrected chi connectivity index (χ3v) is 5.60. The Hall–Kier alpha value is -1.09. The van der Waals surface area contributed by atoms with Crippen LogP contribution in [0.4, 0.5) is 10.1 Å². The van der Waals surface area contributed by atoms with Crippen molar-refractivity contribution in [2.75, 3.05) is 11.9 Å². The normalized spacial score (nSPS) is 26.6. The number of nitrogens with one attached hydrogen (secondary N) is 1. The summed E-state index contributed by atoms with van der Waals surface area (Å²) in [7, 11) is 0. The van der Waals surface area contributed by atoms with Crippen LogP contribution >= 0.6 is 0 Å². The SMILES string of the molecule is CCC(C)(C)C1CCC(CN)(Nc2ccc(F)cc2)CC1. The van der Waals surface area contributed by atoms with Gasteiger partial charge in [-0.1, -0.05) is 27.2 Å². The lowest BCUT2D eigenvalue weighted by Gasteiger charge is -2.45. The first kappa shape index (κ1) is 16.3. The maximum absolute atomic E-state index is 13.0. The van der Waals surface area contributed by atoms with E-state index in [1.165, 1.54) is 31.4 Å². The van der Waals surface area contributed by atoms with Gasteiger partial charge in [-0.2, -0.15) is 0 Å². The zero-order valence-corrected chi connectivity index (χ0v) is 13.6. The molecule has 0 amide bonds. The van der Waals surface area contributed by atoms with Gasteiger partial charge in [0.25, 0.3) is 0 Å². The van der Waals surface area contributed by atoms with Gasteiger partial charge in [-0.05, 0) is 61.3 Å². The van der Waals surface area contributed by atoms with Crippen LogP contribution in [0, 0.1) is 17.2 Å². The second-order valence-corrected chi connectivity index (χ2v) is 7.23. The van der Waals surface area contributed by atoms with Crippen LogP contribution in [0.5, 0.6) is 0 Å². The fourth-order valence-electron chi connectivity index (χ4n) is 3.46. The largest absolute Gasteiger partial charge is 0.378 e. The van der Waals surface area contributed by atoms with Crippen molar-refractivity contribution in [1.82, 2.24) is 0 Å². The maximum Gasteiger partial charge on any atom is 0.123 e. The van der Waals surface area contributed by atoms with Gasteiger partial charge < -0.3 is 11.1 Å². The molecule has 0 heterocycles. The molecule has 0 aromatic heterocycles. The van der Waals surface area contributed by atoms with E-state index in [2.05, 4.69) is 26.1 Å². The highest BCUT2D eigenvalue weighted by Crippen LogP contribution is 2.44. The van der Waals surface area contributed by atoms with Gasteiger partial charge in [-0.25, -0.2) is 4.39 Å². The van der Waals surface area contributed by atoms with Crippen molar-refractivity contribution >= 4 is 5.69 Å². The molecule has 1 aromatic rings. The number of hydrogen-bond acceptors (Lipinski definition) is 2. The van der Waals surface area contributed by atoms with Gasteiger partial charge in [0.05, 0.1) is 0 Å². The fraction of sp³-hybridized carbons (Fsp3) is 0.667. The Morgan fingerprint density at radius 2 is 1.81 bits per heavy atom. The van der Waals surface area contributed by atoms with Crippen molar-refractivity contribution in [3.63, 3.8) is 0 Å². The quantitative estimate of drug-likeness (QED) is 0.834. The molecule has 2 nitrogen and oxygen atoms in total. The van der Waals surface area contributed by atoms with Crippen LogP contribution in [0.3, 0.4) is 0 Å². The lowest BCUT2D eigenvalue weighted by atomic mass is 9.65. The third kappa shape index (κ3) is 3.76. The van der Waals surface area contributed by atoms with Gasteiger partial charge in [0, 0.05) is 17.8 Å². The first-order valence-electron chi connectivity index (χ1n) is 8.15. The van der Waals surface area contributed by atoms with Crippen LogP contribution in [-0.2, 0) is 0 Å². The molecule has 0 radical (unpaired) electrons. The molecule has 2 rings (SSSR count). The zero-order valence-electron chi connectivity index (χ0n) is 13.6. The molecule has 0 saturated heterocycles. The second kappa shape index (κ2) is 6.35. The van der Waals surface area contributed by atoms with Crippen molar-refractivity contribution in [3.05, 3.63) is 30.1 Å². The molecule has 1 fully saturated rings. The minimum atomic E-state index is -0.198. The predicted octanol–water partition coefficient (Wildman–Crippen LogP) is 4.56. The highest BCUT2D eigenvalue weighted by Gasteiger charge is 2.38. The van der Waals surface area contributed by atoms with Crippen molar-refractivity contribution in [2.24, 2.45) is 17.1 Å².